The van der Waals surface area contributed by atoms with Gasteiger partial charge in [-0.05, 0) is 25.1 Å². The summed E-state index contributed by atoms with van der Waals surface area (Å²) in [6.45, 7) is 4.23. The molecule has 0 saturated heterocycles. The number of likely N-dealkylation sites (N-methyl/N-ethyl adjacent to an activating group) is 1. The van der Waals surface area contributed by atoms with Crippen molar-refractivity contribution >= 4 is 0 Å². The molecule has 15 heavy (non-hydrogen) atoms. The van der Waals surface area contributed by atoms with Gasteiger partial charge < -0.3 is 10.0 Å². The summed E-state index contributed by atoms with van der Waals surface area (Å²) >= 11 is 0. The lowest BCUT2D eigenvalue weighted by Crippen LogP contribution is -2.28. The number of nitrogens with zero attached hydrogens (tertiary/aromatic N) is 2. The normalized spacial score (nSPS) is 13.1. The van der Waals surface area contributed by atoms with Gasteiger partial charge in [0.15, 0.2) is 0 Å². The van der Waals surface area contributed by atoms with Gasteiger partial charge in [-0.3, -0.25) is 4.98 Å². The van der Waals surface area contributed by atoms with Crippen LogP contribution in [-0.4, -0.2) is 41.7 Å². The van der Waals surface area contributed by atoms with Crippen LogP contribution in [0, 0.1) is 5.92 Å². The van der Waals surface area contributed by atoms with E-state index in [1.165, 1.54) is 0 Å². The first-order chi connectivity index (χ1) is 7.22. The van der Waals surface area contributed by atoms with Gasteiger partial charge in [-0.25, -0.2) is 0 Å². The zero-order valence-corrected chi connectivity index (χ0v) is 9.56. The van der Waals surface area contributed by atoms with E-state index in [0.29, 0.717) is 5.92 Å². The lowest BCUT2D eigenvalue weighted by molar-refractivity contribution is 0.191. The molecule has 1 aromatic rings. The maximum absolute atomic E-state index is 8.93. The molecule has 0 aliphatic heterocycles. The van der Waals surface area contributed by atoms with Crippen molar-refractivity contribution in [1.82, 2.24) is 9.88 Å². The van der Waals surface area contributed by atoms with Crippen molar-refractivity contribution in [3.8, 4) is 0 Å². The predicted molar refractivity (Wildman–Crippen MR) is 61.7 cm³/mol. The Morgan fingerprint density at radius 1 is 1.47 bits per heavy atom. The Kier molecular flexibility index (Phi) is 5.29. The van der Waals surface area contributed by atoms with Crippen LogP contribution in [0.2, 0.25) is 0 Å². The quantitative estimate of drug-likeness (QED) is 0.762. The Morgan fingerprint density at radius 2 is 2.27 bits per heavy atom. The molecule has 1 atom stereocenters. The van der Waals surface area contributed by atoms with Gasteiger partial charge in [-0.15, -0.1) is 0 Å². The van der Waals surface area contributed by atoms with E-state index in [1.807, 2.05) is 24.4 Å². The molecule has 0 spiro atoms. The first-order valence-electron chi connectivity index (χ1n) is 5.41. The van der Waals surface area contributed by atoms with Gasteiger partial charge in [-0.2, -0.15) is 0 Å². The topological polar surface area (TPSA) is 36.4 Å². The molecular weight excluding hydrogens is 188 g/mol. The third-order valence-corrected chi connectivity index (χ3v) is 2.41. The second-order valence-electron chi connectivity index (χ2n) is 4.12. The Bertz CT molecular complexity index is 264. The fraction of sp³-hybridized carbons (Fsp3) is 0.583. The Morgan fingerprint density at radius 3 is 2.87 bits per heavy atom. The zero-order chi connectivity index (χ0) is 11.1. The van der Waals surface area contributed by atoms with Crippen molar-refractivity contribution in [2.75, 3.05) is 26.7 Å². The SMILES string of the molecule is CC(CO)CN(C)CCc1ccccn1. The van der Waals surface area contributed by atoms with Gasteiger partial charge in [0.2, 0.25) is 0 Å². The van der Waals surface area contributed by atoms with Crippen molar-refractivity contribution in [3.05, 3.63) is 30.1 Å². The summed E-state index contributed by atoms with van der Waals surface area (Å²) in [4.78, 5) is 6.51. The summed E-state index contributed by atoms with van der Waals surface area (Å²) in [7, 11) is 2.08. The summed E-state index contributed by atoms with van der Waals surface area (Å²) in [5.41, 5.74) is 1.13. The lowest BCUT2D eigenvalue weighted by atomic mass is 10.2. The summed E-state index contributed by atoms with van der Waals surface area (Å²) in [5.74, 6) is 0.346. The van der Waals surface area contributed by atoms with Crippen LogP contribution in [0.5, 0.6) is 0 Å². The fourth-order valence-electron chi connectivity index (χ4n) is 1.53. The molecule has 0 bridgehead atoms. The van der Waals surface area contributed by atoms with E-state index in [4.69, 9.17) is 5.11 Å². The molecule has 1 aromatic heterocycles. The summed E-state index contributed by atoms with van der Waals surface area (Å²) < 4.78 is 0. The van der Waals surface area contributed by atoms with Crippen LogP contribution < -0.4 is 0 Å². The third kappa shape index (κ3) is 4.91. The smallest absolute Gasteiger partial charge is 0.0468 e. The van der Waals surface area contributed by atoms with Gasteiger partial charge in [-0.1, -0.05) is 13.0 Å². The largest absolute Gasteiger partial charge is 0.396 e. The Balaban J connectivity index is 2.25. The number of hydrogen-bond acceptors (Lipinski definition) is 3. The molecule has 3 heteroatoms. The van der Waals surface area contributed by atoms with Crippen LogP contribution in [0.1, 0.15) is 12.6 Å². The van der Waals surface area contributed by atoms with Gasteiger partial charge >= 0.3 is 0 Å². The van der Waals surface area contributed by atoms with E-state index in [0.717, 1.165) is 25.2 Å². The molecule has 0 fully saturated rings. The minimum Gasteiger partial charge on any atom is -0.396 e. The summed E-state index contributed by atoms with van der Waals surface area (Å²) in [6.07, 6.45) is 2.79. The number of aliphatic hydroxyl groups excluding tert-OH is 1. The van der Waals surface area contributed by atoms with E-state index in [1.54, 1.807) is 0 Å². The zero-order valence-electron chi connectivity index (χ0n) is 9.56. The van der Waals surface area contributed by atoms with Crippen LogP contribution in [0.15, 0.2) is 24.4 Å². The number of rotatable bonds is 6. The average molecular weight is 208 g/mol. The van der Waals surface area contributed by atoms with Crippen molar-refractivity contribution < 1.29 is 5.11 Å². The standard InChI is InChI=1S/C12H20N2O/c1-11(10-15)9-14(2)8-6-12-5-3-4-7-13-12/h3-5,7,11,15H,6,8-10H2,1-2H3. The number of aliphatic hydroxyl groups is 1. The minimum absolute atomic E-state index is 0.258. The maximum Gasteiger partial charge on any atom is 0.0468 e. The molecule has 0 radical (unpaired) electrons. The van der Waals surface area contributed by atoms with E-state index in [2.05, 4.69) is 23.9 Å². The molecular formula is C12H20N2O. The highest BCUT2D eigenvalue weighted by Gasteiger charge is 2.05. The van der Waals surface area contributed by atoms with Gasteiger partial charge in [0.1, 0.15) is 0 Å². The highest BCUT2D eigenvalue weighted by molar-refractivity contribution is 5.03. The summed E-state index contributed by atoms with van der Waals surface area (Å²) in [6, 6.07) is 5.99. The molecule has 1 unspecified atom stereocenters. The third-order valence-electron chi connectivity index (χ3n) is 2.41. The molecule has 84 valence electrons. The fourth-order valence-corrected chi connectivity index (χ4v) is 1.53. The molecule has 1 rings (SSSR count). The van der Waals surface area contributed by atoms with Gasteiger partial charge in [0.05, 0.1) is 0 Å². The van der Waals surface area contributed by atoms with Gasteiger partial charge in [0, 0.05) is 38.0 Å². The number of aromatic nitrogens is 1. The Hall–Kier alpha value is -0.930. The average Bonchev–Trinajstić information content (AvgIpc) is 2.27. The monoisotopic (exact) mass is 208 g/mol. The van der Waals surface area contributed by atoms with E-state index in [9.17, 15) is 0 Å². The van der Waals surface area contributed by atoms with Crippen LogP contribution in [0.3, 0.4) is 0 Å². The highest BCUT2D eigenvalue weighted by atomic mass is 16.3. The molecule has 0 aromatic carbocycles. The van der Waals surface area contributed by atoms with Crippen LogP contribution >= 0.6 is 0 Å². The second-order valence-corrected chi connectivity index (χ2v) is 4.12. The molecule has 0 amide bonds. The molecule has 1 heterocycles. The first kappa shape index (κ1) is 12.1. The minimum atomic E-state index is 0.258. The maximum atomic E-state index is 8.93. The van der Waals surface area contributed by atoms with Crippen molar-refractivity contribution in [2.45, 2.75) is 13.3 Å². The van der Waals surface area contributed by atoms with Crippen molar-refractivity contribution in [1.29, 1.82) is 0 Å². The van der Waals surface area contributed by atoms with E-state index < -0.39 is 0 Å². The van der Waals surface area contributed by atoms with Crippen molar-refractivity contribution in [3.63, 3.8) is 0 Å². The molecule has 1 N–H and O–H groups in total. The van der Waals surface area contributed by atoms with E-state index >= 15 is 0 Å². The van der Waals surface area contributed by atoms with Crippen LogP contribution in [-0.2, 0) is 6.42 Å². The first-order valence-corrected chi connectivity index (χ1v) is 5.41. The van der Waals surface area contributed by atoms with E-state index in [-0.39, 0.29) is 6.61 Å². The lowest BCUT2D eigenvalue weighted by Gasteiger charge is -2.19. The van der Waals surface area contributed by atoms with Crippen LogP contribution in [0.25, 0.3) is 0 Å². The van der Waals surface area contributed by atoms with Gasteiger partial charge in [0.25, 0.3) is 0 Å². The molecule has 0 saturated carbocycles. The number of pyridine rings is 1. The number of hydrogen-bond donors (Lipinski definition) is 1. The molecule has 3 nitrogen and oxygen atoms in total. The Labute approximate surface area is 91.8 Å². The molecule has 0 aliphatic carbocycles. The van der Waals surface area contributed by atoms with Crippen LogP contribution in [0.4, 0.5) is 0 Å². The predicted octanol–water partition coefficient (Wildman–Crippen LogP) is 1.18. The molecule has 0 aliphatic rings. The van der Waals surface area contributed by atoms with Crippen molar-refractivity contribution in [2.24, 2.45) is 5.92 Å². The second kappa shape index (κ2) is 6.53. The highest BCUT2D eigenvalue weighted by Crippen LogP contribution is 2.00. The summed E-state index contributed by atoms with van der Waals surface area (Å²) in [5, 5.41) is 8.93.